The Morgan fingerprint density at radius 3 is 2.50 bits per heavy atom. The normalized spacial score (nSPS) is 11.8. The molecule has 7 heteroatoms. The third-order valence-electron chi connectivity index (χ3n) is 3.80. The van der Waals surface area contributed by atoms with E-state index < -0.39 is 17.3 Å². The highest BCUT2D eigenvalue weighted by atomic mass is 32.2. The van der Waals surface area contributed by atoms with Gasteiger partial charge in [0.2, 0.25) is 0 Å². The Labute approximate surface area is 158 Å². The Morgan fingerprint density at radius 1 is 1.19 bits per heavy atom. The molecular formula is C19H17NO4S2. The highest BCUT2D eigenvalue weighted by molar-refractivity contribution is 7.92. The summed E-state index contributed by atoms with van der Waals surface area (Å²) in [5.74, 6) is -0.332. The Bertz CT molecular complexity index is 922. The molecule has 0 amide bonds. The smallest absolute Gasteiger partial charge is 0.348 e. The highest BCUT2D eigenvalue weighted by Crippen LogP contribution is 2.36. The van der Waals surface area contributed by atoms with Gasteiger partial charge in [0.1, 0.15) is 27.7 Å². The predicted molar refractivity (Wildman–Crippen MR) is 104 cm³/mol. The lowest BCUT2D eigenvalue weighted by Crippen LogP contribution is -2.15. The zero-order valence-electron chi connectivity index (χ0n) is 14.2. The number of hydrogen-bond donors (Lipinski definition) is 2. The van der Waals surface area contributed by atoms with Gasteiger partial charge in [0.05, 0.1) is 7.11 Å². The number of ether oxygens (including phenoxy) is 1. The Kier molecular flexibility index (Phi) is 5.51. The highest BCUT2D eigenvalue weighted by Gasteiger charge is 2.22. The third-order valence-corrected chi connectivity index (χ3v) is 6.23. The maximum absolute atomic E-state index is 12.6. The van der Waals surface area contributed by atoms with Crippen LogP contribution in [0.2, 0.25) is 0 Å². The number of aromatic carboxylic acids is 1. The minimum atomic E-state index is -1.55. The number of thiophene rings is 1. The quantitative estimate of drug-likeness (QED) is 0.606. The van der Waals surface area contributed by atoms with Crippen molar-refractivity contribution in [3.05, 3.63) is 65.0 Å². The molecule has 1 atom stereocenters. The van der Waals surface area contributed by atoms with E-state index in [4.69, 9.17) is 4.74 Å². The fourth-order valence-corrected chi connectivity index (χ4v) is 4.50. The number of anilines is 1. The van der Waals surface area contributed by atoms with Gasteiger partial charge in [-0.1, -0.05) is 18.2 Å². The van der Waals surface area contributed by atoms with Gasteiger partial charge in [0.25, 0.3) is 0 Å². The van der Waals surface area contributed by atoms with Gasteiger partial charge in [-0.25, -0.2) is 9.52 Å². The number of carboxylic acid groups (broad SMARTS) is 1. The number of carbonyl (C=O) groups is 1. The van der Waals surface area contributed by atoms with Gasteiger partial charge in [-0.3, -0.25) is 0 Å². The van der Waals surface area contributed by atoms with Crippen LogP contribution in [0.3, 0.4) is 0 Å². The minimum Gasteiger partial charge on any atom is -0.588 e. The molecule has 0 aliphatic carbocycles. The topological polar surface area (TPSA) is 81.6 Å². The summed E-state index contributed by atoms with van der Waals surface area (Å²) in [6.45, 7) is 1.86. The SMILES string of the molecule is COc1ccc(-c2cc(N[S+]([O-])c3ccccc3C)c(C(=O)O)s2)cc1. The maximum atomic E-state index is 12.6. The molecule has 134 valence electrons. The minimum absolute atomic E-state index is 0.123. The van der Waals surface area contributed by atoms with E-state index in [-0.39, 0.29) is 4.88 Å². The summed E-state index contributed by atoms with van der Waals surface area (Å²) in [7, 11) is 1.59. The second-order valence-electron chi connectivity index (χ2n) is 5.52. The lowest BCUT2D eigenvalue weighted by Gasteiger charge is -2.12. The molecule has 0 saturated carbocycles. The molecule has 3 rings (SSSR count). The number of benzene rings is 2. The van der Waals surface area contributed by atoms with Gasteiger partial charge < -0.3 is 14.4 Å². The van der Waals surface area contributed by atoms with Crippen molar-refractivity contribution in [3.63, 3.8) is 0 Å². The summed E-state index contributed by atoms with van der Waals surface area (Å²) in [5.41, 5.74) is 2.09. The Morgan fingerprint density at radius 2 is 1.88 bits per heavy atom. The van der Waals surface area contributed by atoms with Crippen molar-refractivity contribution in [2.45, 2.75) is 11.8 Å². The molecule has 0 bridgehead atoms. The van der Waals surface area contributed by atoms with E-state index in [0.29, 0.717) is 10.6 Å². The monoisotopic (exact) mass is 387 g/mol. The first-order chi connectivity index (χ1) is 12.5. The lowest BCUT2D eigenvalue weighted by atomic mass is 10.2. The second kappa shape index (κ2) is 7.82. The van der Waals surface area contributed by atoms with Gasteiger partial charge in [-0.15, -0.1) is 11.3 Å². The molecule has 5 nitrogen and oxygen atoms in total. The standard InChI is InChI=1S/C19H17NO4S2/c1-12-5-3-4-6-17(12)26(23)20-15-11-16(25-18(15)19(21)22)13-7-9-14(24-2)10-8-13/h3-11,20H,1-2H3,(H,21,22). The number of rotatable bonds is 6. The van der Waals surface area contributed by atoms with E-state index in [9.17, 15) is 14.5 Å². The Balaban J connectivity index is 1.92. The third kappa shape index (κ3) is 3.85. The average Bonchev–Trinajstić information content (AvgIpc) is 3.06. The van der Waals surface area contributed by atoms with Crippen LogP contribution >= 0.6 is 11.3 Å². The van der Waals surface area contributed by atoms with E-state index in [2.05, 4.69) is 4.72 Å². The summed E-state index contributed by atoms with van der Waals surface area (Å²) in [4.78, 5) is 13.1. The molecule has 1 unspecified atom stereocenters. The van der Waals surface area contributed by atoms with Crippen molar-refractivity contribution < 1.29 is 19.2 Å². The first kappa shape index (κ1) is 18.3. The van der Waals surface area contributed by atoms with Crippen molar-refractivity contribution in [2.75, 3.05) is 11.8 Å². The summed E-state index contributed by atoms with van der Waals surface area (Å²) in [6.07, 6.45) is 0. The molecular weight excluding hydrogens is 370 g/mol. The van der Waals surface area contributed by atoms with Gasteiger partial charge in [-0.2, -0.15) is 0 Å². The van der Waals surface area contributed by atoms with Crippen LogP contribution < -0.4 is 9.46 Å². The van der Waals surface area contributed by atoms with Crippen molar-refractivity contribution in [1.82, 2.24) is 0 Å². The Hall–Kier alpha value is -2.48. The molecule has 0 aliphatic heterocycles. The summed E-state index contributed by atoms with van der Waals surface area (Å²) >= 11 is -0.409. The number of hydrogen-bond acceptors (Lipinski definition) is 5. The number of carboxylic acids is 1. The zero-order valence-corrected chi connectivity index (χ0v) is 15.8. The van der Waals surface area contributed by atoms with E-state index in [0.717, 1.165) is 33.1 Å². The van der Waals surface area contributed by atoms with Crippen LogP contribution in [0.5, 0.6) is 5.75 Å². The molecule has 2 aromatic carbocycles. The second-order valence-corrected chi connectivity index (χ2v) is 7.76. The molecule has 26 heavy (non-hydrogen) atoms. The van der Waals surface area contributed by atoms with Gasteiger partial charge in [0, 0.05) is 10.4 Å². The largest absolute Gasteiger partial charge is 0.588 e. The van der Waals surface area contributed by atoms with Crippen LogP contribution in [0.25, 0.3) is 10.4 Å². The first-order valence-corrected chi connectivity index (χ1v) is 9.72. The van der Waals surface area contributed by atoms with E-state index in [1.807, 2.05) is 43.3 Å². The van der Waals surface area contributed by atoms with Gasteiger partial charge in [0.15, 0.2) is 4.90 Å². The molecule has 0 radical (unpaired) electrons. The summed E-state index contributed by atoms with van der Waals surface area (Å²) < 4.78 is 20.6. The van der Waals surface area contributed by atoms with Gasteiger partial charge >= 0.3 is 5.97 Å². The van der Waals surface area contributed by atoms with E-state index >= 15 is 0 Å². The molecule has 0 spiro atoms. The van der Waals surface area contributed by atoms with Crippen LogP contribution in [0.1, 0.15) is 15.2 Å². The van der Waals surface area contributed by atoms with Crippen molar-refractivity contribution in [2.24, 2.45) is 0 Å². The number of aryl methyl sites for hydroxylation is 1. The van der Waals surface area contributed by atoms with Crippen LogP contribution in [0.15, 0.2) is 59.5 Å². The molecule has 0 saturated heterocycles. The zero-order chi connectivity index (χ0) is 18.7. The number of methoxy groups -OCH3 is 1. The van der Waals surface area contributed by atoms with Crippen molar-refractivity contribution in [3.8, 4) is 16.2 Å². The summed E-state index contributed by atoms with van der Waals surface area (Å²) in [6, 6.07) is 16.4. The predicted octanol–water partition coefficient (Wildman–Crippen LogP) is 4.57. The summed E-state index contributed by atoms with van der Waals surface area (Å²) in [5, 5.41) is 9.50. The van der Waals surface area contributed by atoms with E-state index in [1.54, 1.807) is 25.3 Å². The van der Waals surface area contributed by atoms with Crippen molar-refractivity contribution in [1.29, 1.82) is 0 Å². The number of nitrogens with one attached hydrogen (secondary N) is 1. The fourth-order valence-electron chi connectivity index (χ4n) is 2.44. The molecule has 1 heterocycles. The van der Waals surface area contributed by atoms with Crippen LogP contribution in [-0.2, 0) is 11.4 Å². The molecule has 1 aromatic heterocycles. The van der Waals surface area contributed by atoms with Crippen molar-refractivity contribution >= 4 is 34.4 Å². The van der Waals surface area contributed by atoms with Crippen LogP contribution in [0, 0.1) is 6.92 Å². The van der Waals surface area contributed by atoms with Gasteiger partial charge in [-0.05, 0) is 48.9 Å². The lowest BCUT2D eigenvalue weighted by molar-refractivity contribution is 0.0703. The molecule has 0 aliphatic rings. The van der Waals surface area contributed by atoms with Crippen LogP contribution in [-0.4, -0.2) is 22.7 Å². The van der Waals surface area contributed by atoms with E-state index in [1.165, 1.54) is 0 Å². The maximum Gasteiger partial charge on any atom is 0.348 e. The molecule has 3 aromatic rings. The molecule has 0 fully saturated rings. The first-order valence-electron chi connectivity index (χ1n) is 7.75. The van der Waals surface area contributed by atoms with Crippen LogP contribution in [0.4, 0.5) is 5.69 Å². The fraction of sp³-hybridized carbons (Fsp3) is 0.105. The average molecular weight is 387 g/mol. The molecule has 2 N–H and O–H groups in total.